The summed E-state index contributed by atoms with van der Waals surface area (Å²) in [5.74, 6) is 1.73. The maximum absolute atomic E-state index is 4.37. The van der Waals surface area contributed by atoms with Crippen molar-refractivity contribution in [2.45, 2.75) is 45.2 Å². The molecule has 2 atom stereocenters. The molecule has 1 aromatic heterocycles. The van der Waals surface area contributed by atoms with Gasteiger partial charge in [-0.1, -0.05) is 18.2 Å². The molecule has 0 amide bonds. The molecule has 0 bridgehead atoms. The summed E-state index contributed by atoms with van der Waals surface area (Å²) in [6, 6.07) is 9.53. The van der Waals surface area contributed by atoms with Crippen molar-refractivity contribution in [3.05, 3.63) is 47.2 Å². The van der Waals surface area contributed by atoms with Gasteiger partial charge in [0.05, 0.1) is 6.20 Å². The van der Waals surface area contributed by atoms with Gasteiger partial charge in [-0.15, -0.1) is 0 Å². The number of nitrogens with one attached hydrogen (secondary N) is 2. The second kappa shape index (κ2) is 6.36. The molecule has 122 valence electrons. The van der Waals surface area contributed by atoms with Gasteiger partial charge in [-0.25, -0.2) is 4.68 Å². The number of rotatable bonds is 4. The Morgan fingerprint density at radius 1 is 1.26 bits per heavy atom. The van der Waals surface area contributed by atoms with Crippen LogP contribution in [0.1, 0.15) is 42.5 Å². The predicted molar refractivity (Wildman–Crippen MR) is 93.7 cm³/mol. The topological polar surface area (TPSA) is 41.9 Å². The van der Waals surface area contributed by atoms with Gasteiger partial charge in [-0.2, -0.15) is 5.10 Å². The first-order valence-electron chi connectivity index (χ1n) is 8.90. The Balaban J connectivity index is 1.36. The van der Waals surface area contributed by atoms with Crippen LogP contribution in [0.3, 0.4) is 0 Å². The molecule has 2 aromatic rings. The van der Waals surface area contributed by atoms with E-state index in [9.17, 15) is 0 Å². The minimum absolute atomic E-state index is 0.404. The van der Waals surface area contributed by atoms with Crippen LogP contribution < -0.4 is 10.6 Å². The molecular formula is C19H26N4. The fraction of sp³-hybridized carbons (Fsp3) is 0.526. The number of aryl methyl sites for hydroxylation is 2. The lowest BCUT2D eigenvalue weighted by molar-refractivity contribution is 0.376. The van der Waals surface area contributed by atoms with Crippen LogP contribution in [0.4, 0.5) is 5.82 Å². The minimum atomic E-state index is 0.404. The van der Waals surface area contributed by atoms with Crippen LogP contribution in [0, 0.1) is 5.92 Å². The largest absolute Gasteiger partial charge is 0.370 e. The standard InChI is InChI=1S/C19H26N4/c1-14(17-7-6-16-4-2-3-5-18(16)10-17)20-11-15-12-21-19-8-9-22-23(19)13-15/h6-10,14-15,20-21H,2-5,11-13H2,1H3/t14-,15-/m1/s1. The van der Waals surface area contributed by atoms with Gasteiger partial charge in [0.25, 0.3) is 0 Å². The van der Waals surface area contributed by atoms with Gasteiger partial charge in [0.1, 0.15) is 5.82 Å². The van der Waals surface area contributed by atoms with E-state index < -0.39 is 0 Å². The molecule has 2 N–H and O–H groups in total. The lowest BCUT2D eigenvalue weighted by Gasteiger charge is -2.27. The summed E-state index contributed by atoms with van der Waals surface area (Å²) in [5.41, 5.74) is 4.56. The number of aromatic nitrogens is 2. The zero-order valence-corrected chi connectivity index (χ0v) is 13.9. The highest BCUT2D eigenvalue weighted by molar-refractivity contribution is 5.36. The molecule has 0 spiro atoms. The Morgan fingerprint density at radius 2 is 2.13 bits per heavy atom. The number of benzene rings is 1. The summed E-state index contributed by atoms with van der Waals surface area (Å²) in [4.78, 5) is 0. The highest BCUT2D eigenvalue weighted by Gasteiger charge is 2.19. The number of nitrogens with zero attached hydrogens (tertiary/aromatic N) is 2. The van der Waals surface area contributed by atoms with E-state index in [1.807, 2.05) is 12.3 Å². The number of fused-ring (bicyclic) bond motifs is 2. The summed E-state index contributed by atoms with van der Waals surface area (Å²) in [5, 5.41) is 11.5. The highest BCUT2D eigenvalue weighted by Crippen LogP contribution is 2.25. The van der Waals surface area contributed by atoms with Gasteiger partial charge in [0.15, 0.2) is 0 Å². The van der Waals surface area contributed by atoms with E-state index in [0.29, 0.717) is 12.0 Å². The molecule has 4 nitrogen and oxygen atoms in total. The van der Waals surface area contributed by atoms with E-state index in [1.54, 1.807) is 11.1 Å². The van der Waals surface area contributed by atoms with Crippen molar-refractivity contribution in [2.24, 2.45) is 5.92 Å². The van der Waals surface area contributed by atoms with Crippen molar-refractivity contribution in [3.8, 4) is 0 Å². The summed E-state index contributed by atoms with van der Waals surface area (Å²) in [6.07, 6.45) is 7.08. The molecule has 2 aliphatic rings. The monoisotopic (exact) mass is 310 g/mol. The average molecular weight is 310 g/mol. The van der Waals surface area contributed by atoms with Crippen LogP contribution in [-0.2, 0) is 19.4 Å². The Kier molecular flexibility index (Phi) is 4.08. The highest BCUT2D eigenvalue weighted by atomic mass is 15.3. The summed E-state index contributed by atoms with van der Waals surface area (Å²) >= 11 is 0. The van der Waals surface area contributed by atoms with Crippen molar-refractivity contribution in [1.82, 2.24) is 15.1 Å². The molecule has 2 heterocycles. The molecular weight excluding hydrogens is 284 g/mol. The summed E-state index contributed by atoms with van der Waals surface area (Å²) in [7, 11) is 0. The molecule has 0 saturated heterocycles. The zero-order valence-electron chi connectivity index (χ0n) is 13.9. The first-order valence-corrected chi connectivity index (χ1v) is 8.90. The molecule has 1 aliphatic carbocycles. The number of hydrogen-bond donors (Lipinski definition) is 2. The van der Waals surface area contributed by atoms with Crippen molar-refractivity contribution in [1.29, 1.82) is 0 Å². The maximum Gasteiger partial charge on any atom is 0.124 e. The Morgan fingerprint density at radius 3 is 3.04 bits per heavy atom. The SMILES string of the molecule is C[C@@H](NC[C@@H]1CNc2ccnn2C1)c1ccc2c(c1)CCCC2. The van der Waals surface area contributed by atoms with Crippen molar-refractivity contribution in [3.63, 3.8) is 0 Å². The fourth-order valence-electron chi connectivity index (χ4n) is 3.81. The Hall–Kier alpha value is -1.81. The van der Waals surface area contributed by atoms with Crippen LogP contribution in [0.25, 0.3) is 0 Å². The fourth-order valence-corrected chi connectivity index (χ4v) is 3.81. The molecule has 0 radical (unpaired) electrons. The molecule has 0 saturated carbocycles. The second-order valence-corrected chi connectivity index (χ2v) is 7.01. The Bertz CT molecular complexity index is 676. The van der Waals surface area contributed by atoms with E-state index in [-0.39, 0.29) is 0 Å². The van der Waals surface area contributed by atoms with Crippen LogP contribution in [0.2, 0.25) is 0 Å². The molecule has 23 heavy (non-hydrogen) atoms. The predicted octanol–water partition coefficient (Wildman–Crippen LogP) is 3.15. The number of hydrogen-bond acceptors (Lipinski definition) is 3. The van der Waals surface area contributed by atoms with Crippen LogP contribution in [-0.4, -0.2) is 22.9 Å². The molecule has 0 fully saturated rings. The normalized spacial score (nSPS) is 21.2. The molecule has 1 aromatic carbocycles. The van der Waals surface area contributed by atoms with E-state index in [1.165, 1.54) is 31.2 Å². The van der Waals surface area contributed by atoms with Crippen LogP contribution in [0.15, 0.2) is 30.5 Å². The van der Waals surface area contributed by atoms with Gasteiger partial charge < -0.3 is 10.6 Å². The van der Waals surface area contributed by atoms with Crippen molar-refractivity contribution >= 4 is 5.82 Å². The van der Waals surface area contributed by atoms with E-state index in [4.69, 9.17) is 0 Å². The van der Waals surface area contributed by atoms with Gasteiger partial charge in [0, 0.05) is 37.7 Å². The third-order valence-electron chi connectivity index (χ3n) is 5.30. The van der Waals surface area contributed by atoms with Crippen molar-refractivity contribution < 1.29 is 0 Å². The van der Waals surface area contributed by atoms with Crippen LogP contribution in [0.5, 0.6) is 0 Å². The first-order chi connectivity index (χ1) is 11.3. The summed E-state index contributed by atoms with van der Waals surface area (Å²) < 4.78 is 2.07. The smallest absolute Gasteiger partial charge is 0.124 e. The lowest BCUT2D eigenvalue weighted by atomic mass is 9.89. The zero-order chi connectivity index (χ0) is 15.6. The lowest BCUT2D eigenvalue weighted by Crippen LogP contribution is -2.36. The van der Waals surface area contributed by atoms with E-state index in [2.05, 4.69) is 45.5 Å². The third-order valence-corrected chi connectivity index (χ3v) is 5.30. The third kappa shape index (κ3) is 3.13. The molecule has 4 rings (SSSR count). The average Bonchev–Trinajstić information content (AvgIpc) is 3.07. The molecule has 4 heteroatoms. The van der Waals surface area contributed by atoms with E-state index >= 15 is 0 Å². The molecule has 1 aliphatic heterocycles. The van der Waals surface area contributed by atoms with Gasteiger partial charge >= 0.3 is 0 Å². The number of anilines is 1. The van der Waals surface area contributed by atoms with Gasteiger partial charge in [0.2, 0.25) is 0 Å². The minimum Gasteiger partial charge on any atom is -0.370 e. The maximum atomic E-state index is 4.37. The summed E-state index contributed by atoms with van der Waals surface area (Å²) in [6.45, 7) is 5.32. The van der Waals surface area contributed by atoms with Crippen molar-refractivity contribution in [2.75, 3.05) is 18.4 Å². The quantitative estimate of drug-likeness (QED) is 0.911. The second-order valence-electron chi connectivity index (χ2n) is 7.01. The first kappa shape index (κ1) is 14.8. The van der Waals surface area contributed by atoms with E-state index in [0.717, 1.165) is 25.5 Å². The molecule has 0 unspecified atom stereocenters. The van der Waals surface area contributed by atoms with Gasteiger partial charge in [-0.3, -0.25) is 0 Å². The van der Waals surface area contributed by atoms with Gasteiger partial charge in [-0.05, 0) is 49.3 Å². The Labute approximate surface area is 138 Å². The van der Waals surface area contributed by atoms with Crippen LogP contribution >= 0.6 is 0 Å².